The van der Waals surface area contributed by atoms with Crippen LogP contribution in [0.1, 0.15) is 31.2 Å². The molecule has 6 nitrogen and oxygen atoms in total. The molecule has 0 saturated heterocycles. The van der Waals surface area contributed by atoms with Crippen molar-refractivity contribution < 1.29 is 23.9 Å². The van der Waals surface area contributed by atoms with Crippen molar-refractivity contribution in [3.63, 3.8) is 0 Å². The minimum atomic E-state index is -0.793. The summed E-state index contributed by atoms with van der Waals surface area (Å²) in [5.74, 6) is -2.09. The van der Waals surface area contributed by atoms with E-state index in [1.807, 2.05) is 31.2 Å². The van der Waals surface area contributed by atoms with E-state index in [1.165, 1.54) is 11.3 Å². The number of esters is 1. The molecule has 1 aliphatic rings. The minimum absolute atomic E-state index is 0.0507. The number of thiophene rings is 1. The van der Waals surface area contributed by atoms with Crippen LogP contribution < -0.4 is 0 Å². The second-order valence-corrected chi connectivity index (χ2v) is 7.81. The van der Waals surface area contributed by atoms with Crippen LogP contribution in [0.15, 0.2) is 48.5 Å². The number of imide groups is 1. The Morgan fingerprint density at radius 2 is 1.79 bits per heavy atom. The van der Waals surface area contributed by atoms with E-state index in [2.05, 4.69) is 0 Å². The molecule has 0 radical (unpaired) electrons. The van der Waals surface area contributed by atoms with Crippen LogP contribution in [0, 0.1) is 6.92 Å². The number of fused-ring (bicyclic) bond motifs is 2. The third-order valence-corrected chi connectivity index (χ3v) is 6.20. The number of amides is 2. The van der Waals surface area contributed by atoms with Crippen LogP contribution in [0.25, 0.3) is 10.1 Å². The van der Waals surface area contributed by atoms with Crippen LogP contribution in [0.3, 0.4) is 0 Å². The molecule has 146 valence electrons. The SMILES string of the molecule is Cc1c(C(=O)COC(=O)CN2C(=O)Cc3ccccc3C2=O)sc2ccccc12. The average molecular weight is 407 g/mol. The number of ketones is 1. The fourth-order valence-corrected chi connectivity index (χ4v) is 4.52. The highest BCUT2D eigenvalue weighted by Crippen LogP contribution is 2.30. The van der Waals surface area contributed by atoms with Crippen molar-refractivity contribution in [1.29, 1.82) is 0 Å². The zero-order valence-corrected chi connectivity index (χ0v) is 16.5. The number of ether oxygens (including phenoxy) is 1. The van der Waals surface area contributed by atoms with Gasteiger partial charge in [0.25, 0.3) is 5.91 Å². The Kier molecular flexibility index (Phi) is 4.98. The van der Waals surface area contributed by atoms with Crippen LogP contribution in [-0.2, 0) is 20.7 Å². The highest BCUT2D eigenvalue weighted by molar-refractivity contribution is 7.21. The maximum atomic E-state index is 12.5. The molecule has 29 heavy (non-hydrogen) atoms. The summed E-state index contributed by atoms with van der Waals surface area (Å²) in [5, 5.41) is 0.996. The first-order valence-electron chi connectivity index (χ1n) is 9.05. The fraction of sp³-hybridized carbons (Fsp3) is 0.182. The molecule has 1 aliphatic heterocycles. The Labute approximate surface area is 170 Å². The van der Waals surface area contributed by atoms with Gasteiger partial charge in [-0.1, -0.05) is 36.4 Å². The molecular weight excluding hydrogens is 390 g/mol. The molecule has 3 aromatic rings. The second kappa shape index (κ2) is 7.60. The first-order valence-corrected chi connectivity index (χ1v) is 9.87. The number of rotatable bonds is 5. The summed E-state index contributed by atoms with van der Waals surface area (Å²) in [6.07, 6.45) is 0.0507. The number of Topliss-reactive ketones (excluding diaryl/α,β-unsaturated/α-hetero) is 1. The number of carbonyl (C=O) groups excluding carboxylic acids is 4. The molecule has 0 aliphatic carbocycles. The van der Waals surface area contributed by atoms with Gasteiger partial charge in [-0.25, -0.2) is 0 Å². The smallest absolute Gasteiger partial charge is 0.326 e. The zero-order valence-electron chi connectivity index (χ0n) is 15.6. The molecule has 2 heterocycles. The molecule has 0 bridgehead atoms. The Morgan fingerprint density at radius 3 is 2.59 bits per heavy atom. The van der Waals surface area contributed by atoms with Crippen LogP contribution in [0.2, 0.25) is 0 Å². The number of hydrogen-bond donors (Lipinski definition) is 0. The third-order valence-electron chi connectivity index (χ3n) is 4.88. The summed E-state index contributed by atoms with van der Waals surface area (Å²) in [4.78, 5) is 50.9. The fourth-order valence-electron chi connectivity index (χ4n) is 3.39. The van der Waals surface area contributed by atoms with Gasteiger partial charge in [-0.2, -0.15) is 0 Å². The van der Waals surface area contributed by atoms with Gasteiger partial charge < -0.3 is 4.74 Å². The standard InChI is InChI=1S/C22H17NO5S/c1-13-15-7-4-5-9-18(15)29-21(13)17(24)12-28-20(26)11-23-19(25)10-14-6-2-3-8-16(14)22(23)27/h2-9H,10-12H2,1H3. The predicted molar refractivity (Wildman–Crippen MR) is 108 cm³/mol. The lowest BCUT2D eigenvalue weighted by molar-refractivity contribution is -0.146. The van der Waals surface area contributed by atoms with Gasteiger partial charge in [0, 0.05) is 10.3 Å². The minimum Gasteiger partial charge on any atom is -0.456 e. The molecule has 2 aromatic carbocycles. The Morgan fingerprint density at radius 1 is 1.07 bits per heavy atom. The second-order valence-electron chi connectivity index (χ2n) is 6.76. The first-order chi connectivity index (χ1) is 14.0. The van der Waals surface area contributed by atoms with Gasteiger partial charge in [0.1, 0.15) is 6.54 Å². The third kappa shape index (κ3) is 3.56. The number of benzene rings is 2. The summed E-state index contributed by atoms with van der Waals surface area (Å²) < 4.78 is 6.06. The summed E-state index contributed by atoms with van der Waals surface area (Å²) in [7, 11) is 0. The number of aryl methyl sites for hydroxylation is 1. The molecule has 0 spiro atoms. The largest absolute Gasteiger partial charge is 0.456 e. The van der Waals surface area contributed by atoms with Crippen molar-refractivity contribution in [3.8, 4) is 0 Å². The van der Waals surface area contributed by atoms with Gasteiger partial charge in [-0.3, -0.25) is 24.1 Å². The van der Waals surface area contributed by atoms with Crippen molar-refractivity contribution in [2.24, 2.45) is 0 Å². The lowest BCUT2D eigenvalue weighted by Crippen LogP contribution is -2.45. The molecule has 4 rings (SSSR count). The van der Waals surface area contributed by atoms with Crippen molar-refractivity contribution in [3.05, 3.63) is 70.1 Å². The summed E-state index contributed by atoms with van der Waals surface area (Å²) in [6.45, 7) is 0.917. The van der Waals surface area contributed by atoms with Crippen LogP contribution in [0.4, 0.5) is 0 Å². The quantitative estimate of drug-likeness (QED) is 0.369. The molecular formula is C22H17NO5S. The normalized spacial score (nSPS) is 13.5. The Balaban J connectivity index is 1.41. The van der Waals surface area contributed by atoms with E-state index >= 15 is 0 Å². The van der Waals surface area contributed by atoms with E-state index in [4.69, 9.17) is 4.74 Å². The zero-order chi connectivity index (χ0) is 20.5. The van der Waals surface area contributed by atoms with E-state index in [-0.39, 0.29) is 12.2 Å². The van der Waals surface area contributed by atoms with Crippen LogP contribution in [0.5, 0.6) is 0 Å². The first kappa shape index (κ1) is 19.0. The van der Waals surface area contributed by atoms with Gasteiger partial charge in [0.05, 0.1) is 11.3 Å². The van der Waals surface area contributed by atoms with Crippen molar-refractivity contribution in [1.82, 2.24) is 4.90 Å². The van der Waals surface area contributed by atoms with E-state index in [0.717, 1.165) is 20.5 Å². The highest BCUT2D eigenvalue weighted by atomic mass is 32.1. The summed E-state index contributed by atoms with van der Waals surface area (Å²) >= 11 is 1.35. The molecule has 7 heteroatoms. The number of nitrogens with zero attached hydrogens (tertiary/aromatic N) is 1. The van der Waals surface area contributed by atoms with Crippen molar-refractivity contribution >= 4 is 45.0 Å². The highest BCUT2D eigenvalue weighted by Gasteiger charge is 2.32. The van der Waals surface area contributed by atoms with E-state index in [1.54, 1.807) is 24.3 Å². The van der Waals surface area contributed by atoms with E-state index in [0.29, 0.717) is 16.0 Å². The van der Waals surface area contributed by atoms with E-state index in [9.17, 15) is 19.2 Å². The van der Waals surface area contributed by atoms with Crippen LogP contribution >= 0.6 is 11.3 Å². The summed E-state index contributed by atoms with van der Waals surface area (Å²) in [6, 6.07) is 14.5. The average Bonchev–Trinajstić information content (AvgIpc) is 3.06. The van der Waals surface area contributed by atoms with Gasteiger partial charge in [0.2, 0.25) is 11.7 Å². The Bertz CT molecular complexity index is 1160. The predicted octanol–water partition coefficient (Wildman–Crippen LogP) is 3.16. The van der Waals surface area contributed by atoms with Gasteiger partial charge in [-0.05, 0) is 35.6 Å². The maximum absolute atomic E-state index is 12.5. The maximum Gasteiger partial charge on any atom is 0.326 e. The lowest BCUT2D eigenvalue weighted by atomic mass is 9.98. The van der Waals surface area contributed by atoms with Crippen molar-refractivity contribution in [2.45, 2.75) is 13.3 Å². The molecule has 1 aromatic heterocycles. The summed E-state index contributed by atoms with van der Waals surface area (Å²) in [5.41, 5.74) is 1.89. The lowest BCUT2D eigenvalue weighted by Gasteiger charge is -2.25. The number of hydrogen-bond acceptors (Lipinski definition) is 6. The van der Waals surface area contributed by atoms with Crippen molar-refractivity contribution in [2.75, 3.05) is 13.2 Å². The Hall–Kier alpha value is -3.32. The van der Waals surface area contributed by atoms with Gasteiger partial charge >= 0.3 is 5.97 Å². The molecule has 2 amide bonds. The monoisotopic (exact) mass is 407 g/mol. The molecule has 0 unspecified atom stereocenters. The number of carbonyl (C=O) groups is 4. The van der Waals surface area contributed by atoms with Crippen LogP contribution in [-0.4, -0.2) is 41.6 Å². The van der Waals surface area contributed by atoms with Gasteiger partial charge in [0.15, 0.2) is 6.61 Å². The van der Waals surface area contributed by atoms with Gasteiger partial charge in [-0.15, -0.1) is 11.3 Å². The van der Waals surface area contributed by atoms with E-state index < -0.39 is 30.9 Å². The molecule has 0 atom stereocenters. The topological polar surface area (TPSA) is 80.8 Å². The molecule has 0 N–H and O–H groups in total. The molecule has 0 saturated carbocycles. The molecule has 0 fully saturated rings.